The maximum Gasteiger partial charge on any atom is 0.0452 e. The molecule has 1 aromatic heterocycles. The van der Waals surface area contributed by atoms with Gasteiger partial charge >= 0.3 is 0 Å². The zero-order valence-corrected chi connectivity index (χ0v) is 14.5. The zero-order chi connectivity index (χ0) is 14.5. The minimum Gasteiger partial charge on any atom is -0.304 e. The van der Waals surface area contributed by atoms with E-state index in [4.69, 9.17) is 0 Å². The summed E-state index contributed by atoms with van der Waals surface area (Å²) in [5, 5.41) is 5.89. The topological polar surface area (TPSA) is 15.3 Å². The highest BCUT2D eigenvalue weighted by Crippen LogP contribution is 2.22. The van der Waals surface area contributed by atoms with Crippen LogP contribution in [-0.4, -0.2) is 24.5 Å². The molecule has 2 aromatic rings. The van der Waals surface area contributed by atoms with E-state index in [0.717, 1.165) is 13.1 Å². The van der Waals surface area contributed by atoms with E-state index >= 15 is 0 Å². The fraction of sp³-hybridized carbons (Fsp3) is 0.412. The summed E-state index contributed by atoms with van der Waals surface area (Å²) in [6, 6.07) is 13.4. The van der Waals surface area contributed by atoms with Crippen LogP contribution in [0.1, 0.15) is 29.3 Å². The molecule has 0 amide bonds. The Hall–Kier alpha value is -0.680. The second-order valence-corrected chi connectivity index (χ2v) is 7.49. The highest BCUT2D eigenvalue weighted by atomic mass is 79.9. The lowest BCUT2D eigenvalue weighted by Gasteiger charge is -2.25. The van der Waals surface area contributed by atoms with Crippen molar-refractivity contribution < 1.29 is 0 Å². The van der Waals surface area contributed by atoms with Crippen molar-refractivity contribution in [2.75, 3.05) is 19.6 Å². The second kappa shape index (κ2) is 7.54. The molecule has 1 atom stereocenters. The van der Waals surface area contributed by atoms with Gasteiger partial charge in [-0.15, -0.1) is 11.3 Å². The molecule has 1 saturated heterocycles. The molecule has 1 aliphatic heterocycles. The van der Waals surface area contributed by atoms with Gasteiger partial charge in [-0.1, -0.05) is 30.3 Å². The Balaban J connectivity index is 1.66. The first kappa shape index (κ1) is 15.2. The van der Waals surface area contributed by atoms with Crippen molar-refractivity contribution in [1.29, 1.82) is 0 Å². The van der Waals surface area contributed by atoms with Crippen molar-refractivity contribution in [3.63, 3.8) is 0 Å². The van der Waals surface area contributed by atoms with E-state index in [9.17, 15) is 0 Å². The number of nitrogens with zero attached hydrogens (tertiary/aromatic N) is 1. The quantitative estimate of drug-likeness (QED) is 0.814. The number of hydrogen-bond acceptors (Lipinski definition) is 3. The number of benzene rings is 1. The van der Waals surface area contributed by atoms with Gasteiger partial charge in [0.1, 0.15) is 0 Å². The van der Waals surface area contributed by atoms with Crippen LogP contribution >= 0.6 is 27.3 Å². The zero-order valence-electron chi connectivity index (χ0n) is 12.1. The fourth-order valence-electron chi connectivity index (χ4n) is 2.87. The van der Waals surface area contributed by atoms with Crippen molar-refractivity contribution in [2.24, 2.45) is 0 Å². The molecule has 3 rings (SSSR count). The van der Waals surface area contributed by atoms with Crippen LogP contribution in [0.25, 0.3) is 0 Å². The Morgan fingerprint density at radius 1 is 1.19 bits per heavy atom. The molecule has 2 heterocycles. The third kappa shape index (κ3) is 4.39. The molecule has 1 aromatic carbocycles. The van der Waals surface area contributed by atoms with Crippen molar-refractivity contribution >= 4 is 27.3 Å². The normalized spacial score (nSPS) is 17.2. The van der Waals surface area contributed by atoms with Crippen molar-refractivity contribution in [2.45, 2.75) is 25.4 Å². The van der Waals surface area contributed by atoms with Crippen molar-refractivity contribution in [1.82, 2.24) is 10.2 Å². The number of hydrogen-bond donors (Lipinski definition) is 1. The Labute approximate surface area is 139 Å². The molecule has 0 radical (unpaired) electrons. The fourth-order valence-corrected chi connectivity index (χ4v) is 4.27. The van der Waals surface area contributed by atoms with Crippen LogP contribution in [-0.2, 0) is 6.54 Å². The van der Waals surface area contributed by atoms with Crippen LogP contribution < -0.4 is 5.32 Å². The summed E-state index contributed by atoms with van der Waals surface area (Å²) >= 11 is 5.34. The number of likely N-dealkylation sites (tertiary alicyclic amines) is 1. The molecule has 112 valence electrons. The molecule has 0 bridgehead atoms. The lowest BCUT2D eigenvalue weighted by atomic mass is 10.1. The molecule has 1 aliphatic rings. The van der Waals surface area contributed by atoms with E-state index in [-0.39, 0.29) is 0 Å². The Bertz CT molecular complexity index is 549. The molecule has 21 heavy (non-hydrogen) atoms. The highest BCUT2D eigenvalue weighted by molar-refractivity contribution is 9.10. The summed E-state index contributed by atoms with van der Waals surface area (Å²) < 4.78 is 1.18. The lowest BCUT2D eigenvalue weighted by molar-refractivity contribution is 0.292. The molecular weight excluding hydrogens is 344 g/mol. The monoisotopic (exact) mass is 364 g/mol. The van der Waals surface area contributed by atoms with Gasteiger partial charge in [0.15, 0.2) is 0 Å². The summed E-state index contributed by atoms with van der Waals surface area (Å²) in [4.78, 5) is 3.96. The summed E-state index contributed by atoms with van der Waals surface area (Å²) in [6.45, 7) is 4.53. The summed E-state index contributed by atoms with van der Waals surface area (Å²) in [7, 11) is 0. The number of thiophene rings is 1. The van der Waals surface area contributed by atoms with Crippen molar-refractivity contribution in [3.8, 4) is 0 Å². The van der Waals surface area contributed by atoms with Gasteiger partial charge in [0.2, 0.25) is 0 Å². The molecule has 4 heteroatoms. The minimum absolute atomic E-state index is 0.408. The first-order valence-corrected chi connectivity index (χ1v) is 9.22. The lowest BCUT2D eigenvalue weighted by Crippen LogP contribution is -2.33. The average Bonchev–Trinajstić information content (AvgIpc) is 3.16. The van der Waals surface area contributed by atoms with Gasteiger partial charge in [-0.25, -0.2) is 0 Å². The van der Waals surface area contributed by atoms with Crippen molar-refractivity contribution in [3.05, 3.63) is 56.7 Å². The maximum atomic E-state index is 3.74. The molecule has 1 unspecified atom stereocenters. The highest BCUT2D eigenvalue weighted by Gasteiger charge is 2.18. The standard InChI is InChI=1S/C17H21BrN2S/c18-15-10-16(21-13-15)11-19-17(12-20-8-4-5-9-20)14-6-2-1-3-7-14/h1-3,6-7,10,13,17,19H,4-5,8-9,11-12H2. The smallest absolute Gasteiger partial charge is 0.0452 e. The molecule has 0 saturated carbocycles. The maximum absolute atomic E-state index is 3.74. The van der Waals surface area contributed by atoms with E-state index in [1.165, 1.54) is 40.8 Å². The Kier molecular flexibility index (Phi) is 5.47. The van der Waals surface area contributed by atoms with Gasteiger partial charge in [0.25, 0.3) is 0 Å². The molecule has 1 N–H and O–H groups in total. The van der Waals surface area contributed by atoms with Gasteiger partial charge in [-0.3, -0.25) is 0 Å². The van der Waals surface area contributed by atoms with E-state index in [1.54, 1.807) is 11.3 Å². The largest absolute Gasteiger partial charge is 0.304 e. The van der Waals surface area contributed by atoms with E-state index in [0.29, 0.717) is 6.04 Å². The number of nitrogens with one attached hydrogen (secondary N) is 1. The van der Waals surface area contributed by atoms with Gasteiger partial charge in [0.05, 0.1) is 0 Å². The van der Waals surface area contributed by atoms with Gasteiger partial charge in [-0.2, -0.15) is 0 Å². The molecule has 0 aliphatic carbocycles. The molecular formula is C17H21BrN2S. The second-order valence-electron chi connectivity index (χ2n) is 5.58. The Morgan fingerprint density at radius 2 is 1.95 bits per heavy atom. The summed E-state index contributed by atoms with van der Waals surface area (Å²) in [5.41, 5.74) is 1.39. The van der Waals surface area contributed by atoms with Crippen LogP contribution in [0.4, 0.5) is 0 Å². The van der Waals surface area contributed by atoms with Crippen LogP contribution in [0.5, 0.6) is 0 Å². The minimum atomic E-state index is 0.408. The van der Waals surface area contributed by atoms with Crippen LogP contribution in [0.2, 0.25) is 0 Å². The average molecular weight is 365 g/mol. The predicted octanol–water partition coefficient (Wildman–Crippen LogP) is 4.44. The van der Waals surface area contributed by atoms with Gasteiger partial charge in [-0.05, 0) is 53.5 Å². The van der Waals surface area contributed by atoms with E-state index in [2.05, 4.69) is 67.9 Å². The van der Waals surface area contributed by atoms with Crippen LogP contribution in [0, 0.1) is 0 Å². The summed E-state index contributed by atoms with van der Waals surface area (Å²) in [5.74, 6) is 0. The van der Waals surface area contributed by atoms with Crippen LogP contribution in [0.15, 0.2) is 46.3 Å². The third-order valence-corrected chi connectivity index (χ3v) is 5.68. The number of halogens is 1. The molecule has 2 nitrogen and oxygen atoms in total. The Morgan fingerprint density at radius 3 is 2.62 bits per heavy atom. The van der Waals surface area contributed by atoms with Gasteiger partial charge in [0, 0.05) is 33.9 Å². The first-order valence-electron chi connectivity index (χ1n) is 7.55. The SMILES string of the molecule is Brc1csc(CNC(CN2CCCC2)c2ccccc2)c1. The van der Waals surface area contributed by atoms with Crippen LogP contribution in [0.3, 0.4) is 0 Å². The van der Waals surface area contributed by atoms with E-state index < -0.39 is 0 Å². The molecule has 0 spiro atoms. The third-order valence-electron chi connectivity index (χ3n) is 3.99. The van der Waals surface area contributed by atoms with Gasteiger partial charge < -0.3 is 10.2 Å². The first-order chi connectivity index (χ1) is 10.3. The predicted molar refractivity (Wildman–Crippen MR) is 93.7 cm³/mol. The molecule has 1 fully saturated rings. The number of rotatable bonds is 6. The summed E-state index contributed by atoms with van der Waals surface area (Å²) in [6.07, 6.45) is 2.69. The van der Waals surface area contributed by atoms with E-state index in [1.807, 2.05) is 0 Å².